The number of hydrogen-bond acceptors (Lipinski definition) is 12. The lowest BCUT2D eigenvalue weighted by molar-refractivity contribution is -0.144. The number of benzene rings is 2. The van der Waals surface area contributed by atoms with E-state index in [1.165, 1.54) is 38.5 Å². The fraction of sp³-hybridized carbons (Fsp3) is 0.478. The summed E-state index contributed by atoms with van der Waals surface area (Å²) < 4.78 is 34.6. The van der Waals surface area contributed by atoms with Crippen LogP contribution in [0, 0.1) is 0 Å². The van der Waals surface area contributed by atoms with Crippen LogP contribution in [0.3, 0.4) is 0 Å². The lowest BCUT2D eigenvalue weighted by Gasteiger charge is -2.31. The Labute approximate surface area is 356 Å². The molecular formula is C46H57N3O12. The number of esters is 1. The van der Waals surface area contributed by atoms with Crippen molar-refractivity contribution in [1.29, 1.82) is 0 Å². The van der Waals surface area contributed by atoms with E-state index in [4.69, 9.17) is 28.4 Å². The van der Waals surface area contributed by atoms with Crippen molar-refractivity contribution in [2.45, 2.75) is 89.1 Å². The first-order chi connectivity index (χ1) is 29.5. The quantitative estimate of drug-likeness (QED) is 0.120. The van der Waals surface area contributed by atoms with E-state index in [0.717, 1.165) is 16.0 Å². The Morgan fingerprint density at radius 3 is 1.90 bits per heavy atom. The molecule has 0 saturated carbocycles. The van der Waals surface area contributed by atoms with Crippen LogP contribution in [0.15, 0.2) is 72.9 Å². The van der Waals surface area contributed by atoms with Crippen LogP contribution in [0.4, 0.5) is 10.5 Å². The molecule has 0 aromatic heterocycles. The molecule has 3 amide bonds. The van der Waals surface area contributed by atoms with Crippen LogP contribution in [-0.2, 0) is 14.3 Å². The van der Waals surface area contributed by atoms with Crippen molar-refractivity contribution in [3.63, 3.8) is 0 Å². The van der Waals surface area contributed by atoms with Gasteiger partial charge in [0, 0.05) is 24.7 Å². The minimum atomic E-state index is -1.39. The first-order valence-electron chi connectivity index (χ1n) is 20.8. The highest BCUT2D eigenvalue weighted by Crippen LogP contribution is 2.43. The molecule has 0 radical (unpaired) electrons. The average molecular weight is 844 g/mol. The third kappa shape index (κ3) is 9.42. The second kappa shape index (κ2) is 20.2. The number of carbonyl (C=O) groups is 4. The van der Waals surface area contributed by atoms with Gasteiger partial charge in [0.05, 0.1) is 62.8 Å². The minimum Gasteiger partial charge on any atom is -0.493 e. The van der Waals surface area contributed by atoms with E-state index in [2.05, 4.69) is 13.2 Å². The molecule has 4 heterocycles. The number of amides is 3. The number of carbonyl (C=O) groups excluding carboxylic acids is 4. The topological polar surface area (TPSA) is 174 Å². The Kier molecular flexibility index (Phi) is 14.8. The van der Waals surface area contributed by atoms with Gasteiger partial charge >= 0.3 is 12.1 Å². The molecule has 0 bridgehead atoms. The van der Waals surface area contributed by atoms with Crippen molar-refractivity contribution in [3.05, 3.63) is 89.6 Å². The minimum absolute atomic E-state index is 0.00597. The van der Waals surface area contributed by atoms with E-state index in [-0.39, 0.29) is 73.8 Å². The second-order valence-electron chi connectivity index (χ2n) is 15.4. The largest absolute Gasteiger partial charge is 0.493 e. The lowest BCUT2D eigenvalue weighted by Crippen LogP contribution is -2.50. The van der Waals surface area contributed by atoms with Crippen molar-refractivity contribution in [2.75, 3.05) is 58.6 Å². The molecule has 0 spiro atoms. The number of hydrogen-bond donors (Lipinski definition) is 2. The first kappa shape index (κ1) is 44.7. The Hall–Kier alpha value is -5.80. The Balaban J connectivity index is 1.15. The monoisotopic (exact) mass is 843 g/mol. The first-order valence-corrected chi connectivity index (χ1v) is 20.8. The highest BCUT2D eigenvalue weighted by Gasteiger charge is 2.47. The predicted molar refractivity (Wildman–Crippen MR) is 226 cm³/mol. The highest BCUT2D eigenvalue weighted by molar-refractivity contribution is 6.06. The summed E-state index contributed by atoms with van der Waals surface area (Å²) in [5, 5.41) is 22.8. The molecule has 2 fully saturated rings. The molecule has 15 heteroatoms. The molecule has 328 valence electrons. The number of aliphatic hydroxyl groups is 2. The summed E-state index contributed by atoms with van der Waals surface area (Å²) >= 11 is 0. The van der Waals surface area contributed by atoms with Crippen LogP contribution in [0.5, 0.6) is 23.0 Å². The van der Waals surface area contributed by atoms with Crippen LogP contribution >= 0.6 is 0 Å². The van der Waals surface area contributed by atoms with E-state index in [1.54, 1.807) is 21.9 Å². The number of anilines is 1. The fourth-order valence-corrected chi connectivity index (χ4v) is 8.49. The number of ether oxygens (including phenoxy) is 6. The molecule has 5 atom stereocenters. The zero-order chi connectivity index (χ0) is 43.8. The molecular weight excluding hydrogens is 787 g/mol. The number of aliphatic hydroxyl groups excluding tert-OH is 2. The van der Waals surface area contributed by atoms with E-state index >= 15 is 0 Å². The summed E-state index contributed by atoms with van der Waals surface area (Å²) in [5.41, 5.74) is 3.08. The number of fused-ring (bicyclic) bond motifs is 4. The maximum atomic E-state index is 14.2. The molecule has 6 rings (SSSR count). The van der Waals surface area contributed by atoms with Crippen LogP contribution < -0.4 is 23.8 Å². The Morgan fingerprint density at radius 2 is 1.30 bits per heavy atom. The Morgan fingerprint density at radius 1 is 0.738 bits per heavy atom. The van der Waals surface area contributed by atoms with Crippen LogP contribution in [0.2, 0.25) is 0 Å². The fourth-order valence-electron chi connectivity index (χ4n) is 8.49. The molecule has 15 nitrogen and oxygen atoms in total. The van der Waals surface area contributed by atoms with Crippen molar-refractivity contribution in [1.82, 2.24) is 9.80 Å². The third-order valence-corrected chi connectivity index (χ3v) is 11.8. The summed E-state index contributed by atoms with van der Waals surface area (Å²) in [5.74, 6) is -0.747. The second-order valence-corrected chi connectivity index (χ2v) is 15.4. The van der Waals surface area contributed by atoms with Gasteiger partial charge < -0.3 is 48.4 Å². The van der Waals surface area contributed by atoms with Gasteiger partial charge in [-0.1, -0.05) is 48.6 Å². The molecule has 2 aromatic carbocycles. The number of unbranched alkanes of at least 4 members (excludes halogenated alkanes) is 2. The highest BCUT2D eigenvalue weighted by atomic mass is 16.6. The van der Waals surface area contributed by atoms with E-state index < -0.39 is 42.4 Å². The van der Waals surface area contributed by atoms with Gasteiger partial charge in [0.25, 0.3) is 11.8 Å². The van der Waals surface area contributed by atoms with Crippen molar-refractivity contribution < 1.29 is 57.8 Å². The standard InChI is InChI=1S/C46H57N3O12/c1-7-16-60-45(54)30-14-15-37(50)35-20-28(9-3)26-47(35)42(51)32-23-38(56-5)40(22-31(30)32)58-18-12-11-13-19-59-41-25-34-33(24-39(41)57-6)43(52)48-27-29(10-4)21-36(48)44(53)49(34)46(55)61-17-8-2/h7-10,22-25,30,35-37,44,50,53H,1-2,11-21,26-27H2,3-6H3/b28-9-,29-10-/t30?,35-,36-,37+,44-/m0/s1. The summed E-state index contributed by atoms with van der Waals surface area (Å²) in [7, 11) is 2.95. The zero-order valence-electron chi connectivity index (χ0n) is 35.4. The average Bonchev–Trinajstić information content (AvgIpc) is 3.91. The molecule has 2 saturated heterocycles. The molecule has 2 N–H and O–H groups in total. The number of methoxy groups -OCH3 is 2. The number of nitrogens with zero attached hydrogens (tertiary/aromatic N) is 3. The molecule has 2 aromatic rings. The zero-order valence-corrected chi connectivity index (χ0v) is 35.4. The normalized spacial score (nSPS) is 23.4. The third-order valence-electron chi connectivity index (χ3n) is 11.8. The van der Waals surface area contributed by atoms with Gasteiger partial charge in [0.15, 0.2) is 29.2 Å². The number of rotatable bonds is 15. The van der Waals surface area contributed by atoms with Crippen LogP contribution in [-0.4, -0.2) is 122 Å². The summed E-state index contributed by atoms with van der Waals surface area (Å²) in [4.78, 5) is 59.3. The van der Waals surface area contributed by atoms with Gasteiger partial charge in [-0.2, -0.15) is 0 Å². The van der Waals surface area contributed by atoms with Crippen LogP contribution in [0.25, 0.3) is 0 Å². The van der Waals surface area contributed by atoms with Crippen LogP contribution in [0.1, 0.15) is 91.0 Å². The van der Waals surface area contributed by atoms with E-state index in [9.17, 15) is 29.4 Å². The van der Waals surface area contributed by atoms with Gasteiger partial charge in [-0.15, -0.1) is 0 Å². The predicted octanol–water partition coefficient (Wildman–Crippen LogP) is 6.08. The van der Waals surface area contributed by atoms with Gasteiger partial charge in [0.2, 0.25) is 0 Å². The van der Waals surface area contributed by atoms with Gasteiger partial charge in [-0.25, -0.2) is 9.69 Å². The van der Waals surface area contributed by atoms with Crippen molar-refractivity contribution in [3.8, 4) is 23.0 Å². The van der Waals surface area contributed by atoms with Gasteiger partial charge in [-0.3, -0.25) is 14.4 Å². The van der Waals surface area contributed by atoms with Gasteiger partial charge in [-0.05, 0) is 82.6 Å². The SMILES string of the molecule is C=CCOC(=O)C1CC[C@@H](O)[C@@H]2C/C(=C/C)CN2C(=O)c2cc(OC)c(OCCCCCOc3cc4c(cc3OC)C(=O)N3C/C(=C\C)C[C@H]3[C@H](O)N4C(=O)OCC=C)cc21. The maximum Gasteiger partial charge on any atom is 0.416 e. The summed E-state index contributed by atoms with van der Waals surface area (Å²) in [6.07, 6.45) is 7.13. The van der Waals surface area contributed by atoms with Gasteiger partial charge in [0.1, 0.15) is 13.2 Å². The molecule has 1 unspecified atom stereocenters. The molecule has 4 aliphatic rings. The number of allylic oxidation sites excluding steroid dienone is 2. The van der Waals surface area contributed by atoms with E-state index in [0.29, 0.717) is 67.8 Å². The molecule has 0 aliphatic carbocycles. The molecule has 61 heavy (non-hydrogen) atoms. The Bertz CT molecular complexity index is 2060. The lowest BCUT2D eigenvalue weighted by atomic mass is 9.88. The maximum absolute atomic E-state index is 14.2. The van der Waals surface area contributed by atoms with Crippen molar-refractivity contribution in [2.24, 2.45) is 0 Å². The summed E-state index contributed by atoms with van der Waals surface area (Å²) in [6, 6.07) is 5.25. The van der Waals surface area contributed by atoms with E-state index in [1.807, 2.05) is 26.0 Å². The summed E-state index contributed by atoms with van der Waals surface area (Å²) in [6.45, 7) is 12.2. The smallest absolute Gasteiger partial charge is 0.416 e. The molecule has 4 aliphatic heterocycles. The van der Waals surface area contributed by atoms with Crippen molar-refractivity contribution >= 4 is 29.6 Å².